The molecule has 6 nitrogen and oxygen atoms in total. The van der Waals surface area contributed by atoms with Crippen LogP contribution >= 0.6 is 11.6 Å². The first kappa shape index (κ1) is 23.6. The van der Waals surface area contributed by atoms with E-state index in [9.17, 15) is 17.6 Å². The second-order valence-electron chi connectivity index (χ2n) is 8.88. The number of nitrogens with zero attached hydrogens (tertiary/aromatic N) is 3. The zero-order chi connectivity index (χ0) is 24.7. The van der Waals surface area contributed by atoms with Crippen LogP contribution in [-0.2, 0) is 16.4 Å². The zero-order valence-corrected chi connectivity index (χ0v) is 20.8. The quantitative estimate of drug-likeness (QED) is 0.512. The summed E-state index contributed by atoms with van der Waals surface area (Å²) in [6.07, 6.45) is 0.518. The van der Waals surface area contributed by atoms with E-state index in [1.165, 1.54) is 22.5 Å². The third-order valence-electron chi connectivity index (χ3n) is 6.61. The number of halogens is 2. The SMILES string of the molecule is C[C@H]1Cc2cc(C(=O)N3CCN(c4ccccc4F)CC3)ccc2N1S(=O)(=O)c1ccc(Cl)cc1. The van der Waals surface area contributed by atoms with Gasteiger partial charge in [0.1, 0.15) is 5.82 Å². The van der Waals surface area contributed by atoms with Crippen LogP contribution in [0.2, 0.25) is 5.02 Å². The molecule has 2 heterocycles. The smallest absolute Gasteiger partial charge is 0.264 e. The highest BCUT2D eigenvalue weighted by Crippen LogP contribution is 2.37. The number of rotatable bonds is 4. The minimum atomic E-state index is -3.76. The average molecular weight is 514 g/mol. The molecule has 1 fully saturated rings. The summed E-state index contributed by atoms with van der Waals surface area (Å²) in [7, 11) is -3.76. The summed E-state index contributed by atoms with van der Waals surface area (Å²) in [5.74, 6) is -0.370. The number of carbonyl (C=O) groups excluding carboxylic acids is 1. The maximum absolute atomic E-state index is 14.1. The minimum Gasteiger partial charge on any atom is -0.366 e. The maximum Gasteiger partial charge on any atom is 0.264 e. The van der Waals surface area contributed by atoms with E-state index in [1.807, 2.05) is 11.8 Å². The summed E-state index contributed by atoms with van der Waals surface area (Å²) in [6, 6.07) is 17.7. The highest BCUT2D eigenvalue weighted by Gasteiger charge is 2.36. The lowest BCUT2D eigenvalue weighted by atomic mass is 10.1. The number of sulfonamides is 1. The number of fused-ring (bicyclic) bond motifs is 1. The number of hydrogen-bond acceptors (Lipinski definition) is 4. The van der Waals surface area contributed by atoms with E-state index >= 15 is 0 Å². The van der Waals surface area contributed by atoms with Crippen LogP contribution < -0.4 is 9.21 Å². The lowest BCUT2D eigenvalue weighted by Gasteiger charge is -2.36. The number of para-hydroxylation sites is 1. The molecule has 3 aromatic carbocycles. The fraction of sp³-hybridized carbons (Fsp3) is 0.269. The molecule has 0 bridgehead atoms. The summed E-state index contributed by atoms with van der Waals surface area (Å²) in [6.45, 7) is 3.91. The molecule has 0 spiro atoms. The molecule has 5 rings (SSSR count). The van der Waals surface area contributed by atoms with Crippen LogP contribution in [0.1, 0.15) is 22.8 Å². The fourth-order valence-corrected chi connectivity index (χ4v) is 6.68. The molecule has 35 heavy (non-hydrogen) atoms. The lowest BCUT2D eigenvalue weighted by Crippen LogP contribution is -2.49. The van der Waals surface area contributed by atoms with Crippen molar-refractivity contribution in [3.05, 3.63) is 88.7 Å². The normalized spacial score (nSPS) is 18.0. The van der Waals surface area contributed by atoms with Crippen LogP contribution in [0, 0.1) is 5.82 Å². The van der Waals surface area contributed by atoms with Crippen LogP contribution in [0.3, 0.4) is 0 Å². The Hall–Kier alpha value is -3.10. The number of amides is 1. The van der Waals surface area contributed by atoms with E-state index in [2.05, 4.69) is 0 Å². The van der Waals surface area contributed by atoms with Gasteiger partial charge in [0.15, 0.2) is 0 Å². The van der Waals surface area contributed by atoms with E-state index in [-0.39, 0.29) is 22.7 Å². The Morgan fingerprint density at radius 2 is 1.63 bits per heavy atom. The van der Waals surface area contributed by atoms with Gasteiger partial charge in [0.25, 0.3) is 15.9 Å². The van der Waals surface area contributed by atoms with E-state index in [0.717, 1.165) is 5.56 Å². The van der Waals surface area contributed by atoms with E-state index in [1.54, 1.807) is 53.4 Å². The van der Waals surface area contributed by atoms with E-state index in [0.29, 0.717) is 54.6 Å². The Morgan fingerprint density at radius 1 is 0.943 bits per heavy atom. The molecule has 3 aromatic rings. The first-order valence-electron chi connectivity index (χ1n) is 11.5. The molecule has 182 valence electrons. The third kappa shape index (κ3) is 4.36. The van der Waals surface area contributed by atoms with E-state index < -0.39 is 10.0 Å². The second kappa shape index (κ2) is 9.17. The molecule has 1 saturated heterocycles. The van der Waals surface area contributed by atoms with Crippen molar-refractivity contribution in [2.75, 3.05) is 35.4 Å². The predicted octanol–water partition coefficient (Wildman–Crippen LogP) is 4.58. The number of anilines is 2. The van der Waals surface area contributed by atoms with Crippen LogP contribution in [0.5, 0.6) is 0 Å². The molecular weight excluding hydrogens is 489 g/mol. The molecule has 2 aliphatic rings. The first-order chi connectivity index (χ1) is 16.8. The highest BCUT2D eigenvalue weighted by molar-refractivity contribution is 7.92. The van der Waals surface area contributed by atoms with Gasteiger partial charge in [0.05, 0.1) is 16.3 Å². The standard InChI is InChI=1S/C26H25ClFN3O3S/c1-18-16-20-17-19(6-11-24(20)31(18)35(33,34)22-9-7-21(27)8-10-22)26(32)30-14-12-29(13-15-30)25-5-3-2-4-23(25)28/h2-11,17-18H,12-16H2,1H3/t18-/m0/s1. The molecule has 0 saturated carbocycles. The number of carbonyl (C=O) groups is 1. The Bertz CT molecular complexity index is 1370. The summed E-state index contributed by atoms with van der Waals surface area (Å²) >= 11 is 5.92. The van der Waals surface area contributed by atoms with Crippen molar-refractivity contribution in [2.24, 2.45) is 0 Å². The number of benzene rings is 3. The summed E-state index contributed by atoms with van der Waals surface area (Å²) in [5.41, 5.74) is 2.49. The minimum absolute atomic E-state index is 0.104. The fourth-order valence-electron chi connectivity index (χ4n) is 4.86. The summed E-state index contributed by atoms with van der Waals surface area (Å²) in [4.78, 5) is 17.1. The molecular formula is C26H25ClFN3O3S. The van der Waals surface area contributed by atoms with E-state index in [4.69, 9.17) is 11.6 Å². The van der Waals surface area contributed by atoms with Gasteiger partial charge in [-0.1, -0.05) is 23.7 Å². The maximum atomic E-state index is 14.1. The van der Waals surface area contributed by atoms with Gasteiger partial charge in [-0.3, -0.25) is 9.10 Å². The van der Waals surface area contributed by atoms with Crippen LogP contribution in [0.4, 0.5) is 15.8 Å². The average Bonchev–Trinajstić information content (AvgIpc) is 3.20. The van der Waals surface area contributed by atoms with Crippen molar-refractivity contribution >= 4 is 38.9 Å². The number of piperazine rings is 1. The van der Waals surface area contributed by atoms with Gasteiger partial charge in [-0.15, -0.1) is 0 Å². The molecule has 0 N–H and O–H groups in total. The Labute approximate surface area is 209 Å². The van der Waals surface area contributed by atoms with Gasteiger partial charge in [-0.2, -0.15) is 0 Å². The molecule has 1 atom stereocenters. The van der Waals surface area contributed by atoms with Gasteiger partial charge >= 0.3 is 0 Å². The summed E-state index contributed by atoms with van der Waals surface area (Å²) < 4.78 is 42.2. The summed E-state index contributed by atoms with van der Waals surface area (Å²) in [5, 5.41) is 0.469. The Balaban J connectivity index is 1.33. The zero-order valence-electron chi connectivity index (χ0n) is 19.2. The predicted molar refractivity (Wildman–Crippen MR) is 135 cm³/mol. The van der Waals surface area contributed by atoms with Gasteiger partial charge in [0, 0.05) is 42.8 Å². The lowest BCUT2D eigenvalue weighted by molar-refractivity contribution is 0.0746. The molecule has 0 radical (unpaired) electrons. The van der Waals surface area contributed by atoms with Crippen LogP contribution in [0.15, 0.2) is 71.6 Å². The van der Waals surface area contributed by atoms with Crippen molar-refractivity contribution in [1.29, 1.82) is 0 Å². The Kier molecular flexibility index (Phi) is 6.19. The van der Waals surface area contributed by atoms with Crippen molar-refractivity contribution in [3.63, 3.8) is 0 Å². The Morgan fingerprint density at radius 3 is 2.31 bits per heavy atom. The molecule has 9 heteroatoms. The first-order valence-corrected chi connectivity index (χ1v) is 13.3. The monoisotopic (exact) mass is 513 g/mol. The van der Waals surface area contributed by atoms with Gasteiger partial charge in [0.2, 0.25) is 0 Å². The molecule has 1 amide bonds. The number of hydrogen-bond donors (Lipinski definition) is 0. The van der Waals surface area contributed by atoms with Crippen molar-refractivity contribution in [3.8, 4) is 0 Å². The van der Waals surface area contributed by atoms with Crippen molar-refractivity contribution in [1.82, 2.24) is 4.90 Å². The molecule has 0 aromatic heterocycles. The van der Waals surface area contributed by atoms with Crippen molar-refractivity contribution in [2.45, 2.75) is 24.3 Å². The highest BCUT2D eigenvalue weighted by atomic mass is 35.5. The van der Waals surface area contributed by atoms with Gasteiger partial charge in [-0.05, 0) is 73.5 Å². The van der Waals surface area contributed by atoms with Crippen LogP contribution in [-0.4, -0.2) is 51.4 Å². The van der Waals surface area contributed by atoms with Crippen LogP contribution in [0.25, 0.3) is 0 Å². The molecule has 2 aliphatic heterocycles. The topological polar surface area (TPSA) is 60.9 Å². The van der Waals surface area contributed by atoms with Gasteiger partial charge in [-0.25, -0.2) is 12.8 Å². The van der Waals surface area contributed by atoms with Crippen molar-refractivity contribution < 1.29 is 17.6 Å². The molecule has 0 unspecified atom stereocenters. The molecule has 0 aliphatic carbocycles. The second-order valence-corrected chi connectivity index (χ2v) is 11.1. The van der Waals surface area contributed by atoms with Gasteiger partial charge < -0.3 is 9.80 Å². The third-order valence-corrected chi connectivity index (χ3v) is 8.80. The largest absolute Gasteiger partial charge is 0.366 e.